The number of hydrogen-bond acceptors (Lipinski definition) is 5. The molecule has 0 N–H and O–H groups in total. The molecule has 2 aliphatic heterocycles. The largest absolute Gasteiger partial charge is 0.486 e. The van der Waals surface area contributed by atoms with Crippen molar-refractivity contribution in [3.8, 4) is 11.5 Å². The molecule has 0 amide bonds. The van der Waals surface area contributed by atoms with Crippen LogP contribution in [0.3, 0.4) is 0 Å². The molecular weight excluding hydrogens is 400 g/mol. The molecule has 0 aromatic heterocycles. The van der Waals surface area contributed by atoms with Gasteiger partial charge < -0.3 is 9.47 Å². The molecule has 0 radical (unpaired) electrons. The van der Waals surface area contributed by atoms with Crippen molar-refractivity contribution in [1.29, 1.82) is 0 Å². The fourth-order valence-electron chi connectivity index (χ4n) is 3.46. The monoisotopic (exact) mass is 422 g/mol. The summed E-state index contributed by atoms with van der Waals surface area (Å²) in [7, 11) is -3.52. The van der Waals surface area contributed by atoms with Crippen LogP contribution in [-0.2, 0) is 16.6 Å². The van der Waals surface area contributed by atoms with E-state index in [1.165, 1.54) is 10.4 Å². The third kappa shape index (κ3) is 3.98. The van der Waals surface area contributed by atoms with E-state index in [1.54, 1.807) is 12.1 Å². The number of aryl methyl sites for hydroxylation is 1. The van der Waals surface area contributed by atoms with Crippen LogP contribution in [0, 0.1) is 6.92 Å². The normalized spacial score (nSPS) is 18.2. The average Bonchev–Trinajstić information content (AvgIpc) is 2.70. The lowest BCUT2D eigenvalue weighted by molar-refractivity contribution is 0.169. The number of rotatable bonds is 4. The number of fused-ring (bicyclic) bond motifs is 1. The van der Waals surface area contributed by atoms with Gasteiger partial charge in [-0.15, -0.1) is 0 Å². The van der Waals surface area contributed by atoms with Gasteiger partial charge in [-0.05, 0) is 42.3 Å². The van der Waals surface area contributed by atoms with E-state index in [0.717, 1.165) is 29.2 Å². The second kappa shape index (κ2) is 7.91. The van der Waals surface area contributed by atoms with Gasteiger partial charge in [0.15, 0.2) is 11.5 Å². The van der Waals surface area contributed by atoms with E-state index < -0.39 is 10.0 Å². The Hall–Kier alpha value is -1.80. The van der Waals surface area contributed by atoms with Crippen molar-refractivity contribution in [2.24, 2.45) is 0 Å². The van der Waals surface area contributed by atoms with E-state index in [2.05, 4.69) is 4.90 Å². The lowest BCUT2D eigenvalue weighted by Gasteiger charge is -2.34. The SMILES string of the molecule is Cc1ccc(S(=O)(=O)N2CCN(Cc3ccc4c(c3)OCCO4)CC2)cc1Cl. The number of halogens is 1. The molecule has 1 fully saturated rings. The maximum Gasteiger partial charge on any atom is 0.243 e. The van der Waals surface area contributed by atoms with E-state index in [9.17, 15) is 8.42 Å². The molecule has 2 heterocycles. The van der Waals surface area contributed by atoms with Crippen molar-refractivity contribution in [3.63, 3.8) is 0 Å². The smallest absolute Gasteiger partial charge is 0.243 e. The molecule has 1 saturated heterocycles. The molecule has 4 rings (SSSR count). The number of sulfonamides is 1. The summed E-state index contributed by atoms with van der Waals surface area (Å²) in [6.07, 6.45) is 0. The van der Waals surface area contributed by atoms with Gasteiger partial charge in [-0.2, -0.15) is 4.31 Å². The molecule has 2 aliphatic rings. The maximum atomic E-state index is 12.9. The Morgan fingerprint density at radius 1 is 0.964 bits per heavy atom. The van der Waals surface area contributed by atoms with Crippen LogP contribution in [0.4, 0.5) is 0 Å². The number of piperazine rings is 1. The molecule has 2 aromatic carbocycles. The van der Waals surface area contributed by atoms with E-state index in [1.807, 2.05) is 25.1 Å². The van der Waals surface area contributed by atoms with Crippen molar-refractivity contribution >= 4 is 21.6 Å². The third-order valence-electron chi connectivity index (χ3n) is 5.13. The molecule has 6 nitrogen and oxygen atoms in total. The highest BCUT2D eigenvalue weighted by atomic mass is 35.5. The number of hydrogen-bond donors (Lipinski definition) is 0. The zero-order valence-electron chi connectivity index (χ0n) is 15.7. The average molecular weight is 423 g/mol. The summed E-state index contributed by atoms with van der Waals surface area (Å²) in [6, 6.07) is 10.9. The van der Waals surface area contributed by atoms with Gasteiger partial charge in [0.05, 0.1) is 4.90 Å². The van der Waals surface area contributed by atoms with E-state index in [0.29, 0.717) is 44.4 Å². The van der Waals surface area contributed by atoms with Gasteiger partial charge in [-0.3, -0.25) is 4.90 Å². The first-order valence-electron chi connectivity index (χ1n) is 9.31. The Kier molecular flexibility index (Phi) is 5.51. The predicted molar refractivity (Wildman–Crippen MR) is 108 cm³/mol. The molecule has 150 valence electrons. The predicted octanol–water partition coefficient (Wildman–Crippen LogP) is 2.93. The molecule has 0 unspecified atom stereocenters. The first kappa shape index (κ1) is 19.5. The molecule has 0 saturated carbocycles. The molecule has 0 aliphatic carbocycles. The van der Waals surface area contributed by atoms with Crippen molar-refractivity contribution in [3.05, 3.63) is 52.5 Å². The first-order chi connectivity index (χ1) is 13.4. The Balaban J connectivity index is 1.39. The number of benzene rings is 2. The minimum absolute atomic E-state index is 0.253. The van der Waals surface area contributed by atoms with Crippen LogP contribution in [0.15, 0.2) is 41.3 Å². The van der Waals surface area contributed by atoms with Crippen LogP contribution >= 0.6 is 11.6 Å². The molecule has 28 heavy (non-hydrogen) atoms. The van der Waals surface area contributed by atoms with Crippen molar-refractivity contribution in [2.45, 2.75) is 18.4 Å². The maximum absolute atomic E-state index is 12.9. The summed E-state index contributed by atoms with van der Waals surface area (Å²) >= 11 is 6.11. The Bertz CT molecular complexity index is 972. The Morgan fingerprint density at radius 2 is 1.68 bits per heavy atom. The van der Waals surface area contributed by atoms with E-state index >= 15 is 0 Å². The van der Waals surface area contributed by atoms with Crippen LogP contribution < -0.4 is 9.47 Å². The summed E-state index contributed by atoms with van der Waals surface area (Å²) in [6.45, 7) is 6.01. The van der Waals surface area contributed by atoms with Gasteiger partial charge >= 0.3 is 0 Å². The topological polar surface area (TPSA) is 59.1 Å². The summed E-state index contributed by atoms with van der Waals surface area (Å²) in [4.78, 5) is 2.50. The number of nitrogens with zero attached hydrogens (tertiary/aromatic N) is 2. The van der Waals surface area contributed by atoms with Crippen LogP contribution in [0.2, 0.25) is 5.02 Å². The molecule has 8 heteroatoms. The second-order valence-electron chi connectivity index (χ2n) is 7.07. The lowest BCUT2D eigenvalue weighted by Crippen LogP contribution is -2.48. The molecule has 0 bridgehead atoms. The van der Waals surface area contributed by atoms with Crippen LogP contribution in [-0.4, -0.2) is 57.0 Å². The van der Waals surface area contributed by atoms with Crippen LogP contribution in [0.25, 0.3) is 0 Å². The molecule has 0 atom stereocenters. The van der Waals surface area contributed by atoms with E-state index in [4.69, 9.17) is 21.1 Å². The van der Waals surface area contributed by atoms with Gasteiger partial charge in [0.25, 0.3) is 0 Å². The van der Waals surface area contributed by atoms with Crippen molar-refractivity contribution < 1.29 is 17.9 Å². The molecule has 2 aromatic rings. The third-order valence-corrected chi connectivity index (χ3v) is 7.43. The summed E-state index contributed by atoms with van der Waals surface area (Å²) in [5, 5.41) is 0.471. The minimum Gasteiger partial charge on any atom is -0.486 e. The van der Waals surface area contributed by atoms with Crippen molar-refractivity contribution in [2.75, 3.05) is 39.4 Å². The summed E-state index contributed by atoms with van der Waals surface area (Å²) in [5.74, 6) is 1.56. The van der Waals surface area contributed by atoms with Gasteiger partial charge in [0.1, 0.15) is 13.2 Å². The highest BCUT2D eigenvalue weighted by Gasteiger charge is 2.29. The quantitative estimate of drug-likeness (QED) is 0.758. The zero-order chi connectivity index (χ0) is 19.7. The summed E-state index contributed by atoms with van der Waals surface area (Å²) < 4.78 is 38.5. The standard InChI is InChI=1S/C20H23ClN2O4S/c1-15-2-4-17(13-18(15)21)28(24,25)23-8-6-22(7-9-23)14-16-3-5-19-20(12-16)27-11-10-26-19/h2-5,12-13H,6-11,14H2,1H3. The number of ether oxygens (including phenoxy) is 2. The van der Waals surface area contributed by atoms with Gasteiger partial charge in [0, 0.05) is 37.7 Å². The van der Waals surface area contributed by atoms with Crippen LogP contribution in [0.5, 0.6) is 11.5 Å². The van der Waals surface area contributed by atoms with E-state index in [-0.39, 0.29) is 4.90 Å². The first-order valence-corrected chi connectivity index (χ1v) is 11.1. The second-order valence-corrected chi connectivity index (χ2v) is 9.41. The van der Waals surface area contributed by atoms with Gasteiger partial charge in [-0.25, -0.2) is 8.42 Å². The fourth-order valence-corrected chi connectivity index (χ4v) is 5.15. The van der Waals surface area contributed by atoms with Gasteiger partial charge in [-0.1, -0.05) is 23.7 Å². The fraction of sp³-hybridized carbons (Fsp3) is 0.400. The highest BCUT2D eigenvalue weighted by molar-refractivity contribution is 7.89. The van der Waals surface area contributed by atoms with Gasteiger partial charge in [0.2, 0.25) is 10.0 Å². The Labute approximate surface area is 170 Å². The summed E-state index contributed by atoms with van der Waals surface area (Å²) in [5.41, 5.74) is 2.00. The molecule has 0 spiro atoms. The molecular formula is C20H23ClN2O4S. The Morgan fingerprint density at radius 3 is 2.39 bits per heavy atom. The highest BCUT2D eigenvalue weighted by Crippen LogP contribution is 2.31. The van der Waals surface area contributed by atoms with Crippen molar-refractivity contribution in [1.82, 2.24) is 9.21 Å². The lowest BCUT2D eigenvalue weighted by atomic mass is 10.1. The minimum atomic E-state index is -3.52. The zero-order valence-corrected chi connectivity index (χ0v) is 17.3. The van der Waals surface area contributed by atoms with Crippen LogP contribution in [0.1, 0.15) is 11.1 Å².